The number of benzene rings is 2. The number of piperazine rings is 1. The largest absolute Gasteiger partial charge is 0.454 e. The van der Waals surface area contributed by atoms with Crippen molar-refractivity contribution in [2.45, 2.75) is 19.1 Å². The lowest BCUT2D eigenvalue weighted by Crippen LogP contribution is -2.58. The van der Waals surface area contributed by atoms with E-state index in [9.17, 15) is 4.79 Å². The number of nitrogens with one attached hydrogen (secondary N) is 1. The van der Waals surface area contributed by atoms with Gasteiger partial charge in [0.25, 0.3) is 0 Å². The topological polar surface area (TPSA) is 97.6 Å². The number of fused-ring (bicyclic) bond motifs is 1. The van der Waals surface area contributed by atoms with E-state index in [0.29, 0.717) is 60.2 Å². The van der Waals surface area contributed by atoms with E-state index >= 15 is 0 Å². The molecule has 0 saturated carbocycles. The van der Waals surface area contributed by atoms with Crippen LogP contribution >= 0.6 is 23.2 Å². The van der Waals surface area contributed by atoms with E-state index in [-0.39, 0.29) is 12.7 Å². The molecule has 39 heavy (non-hydrogen) atoms. The SMILES string of the molecule is O=C(NCc1ccc2c(c1)OCO2)C1CN(c2ccnc(-n3ccnc3)n2)CCN1Cc1ccc(Cl)c(Cl)c1. The highest BCUT2D eigenvalue weighted by molar-refractivity contribution is 6.42. The lowest BCUT2D eigenvalue weighted by molar-refractivity contribution is -0.127. The van der Waals surface area contributed by atoms with Gasteiger partial charge in [-0.2, -0.15) is 4.98 Å². The van der Waals surface area contributed by atoms with Gasteiger partial charge in [0.15, 0.2) is 11.5 Å². The van der Waals surface area contributed by atoms with Crippen LogP contribution < -0.4 is 19.7 Å². The Kier molecular flexibility index (Phi) is 7.23. The molecule has 2 aliphatic heterocycles. The molecule has 1 saturated heterocycles. The Morgan fingerprint density at radius 1 is 1.00 bits per heavy atom. The summed E-state index contributed by atoms with van der Waals surface area (Å²) in [6, 6.07) is 12.7. The molecule has 1 N–H and O–H groups in total. The number of imidazole rings is 1. The average Bonchev–Trinajstić information content (AvgIpc) is 3.66. The minimum absolute atomic E-state index is 0.0821. The molecule has 2 aromatic heterocycles. The quantitative estimate of drug-likeness (QED) is 0.362. The Balaban J connectivity index is 1.21. The third-order valence-electron chi connectivity index (χ3n) is 6.75. The first-order chi connectivity index (χ1) is 19.0. The summed E-state index contributed by atoms with van der Waals surface area (Å²) >= 11 is 12.4. The van der Waals surface area contributed by atoms with Crippen molar-refractivity contribution in [3.05, 3.63) is 88.6 Å². The fourth-order valence-electron chi connectivity index (χ4n) is 4.71. The molecule has 2 aromatic carbocycles. The van der Waals surface area contributed by atoms with Crippen molar-refractivity contribution in [2.75, 3.05) is 31.3 Å². The minimum Gasteiger partial charge on any atom is -0.454 e. The summed E-state index contributed by atoms with van der Waals surface area (Å²) in [5.41, 5.74) is 1.91. The predicted octanol–water partition coefficient (Wildman–Crippen LogP) is 3.71. The number of halogens is 2. The van der Waals surface area contributed by atoms with E-state index < -0.39 is 6.04 Å². The molecule has 0 radical (unpaired) electrons. The standard InChI is InChI=1S/C27H25Cl2N7O3/c28-20-3-1-19(11-21(20)29)14-34-9-10-35(25-5-6-31-27(33-25)36-8-7-30-16-36)15-22(34)26(37)32-13-18-2-4-23-24(12-18)39-17-38-23/h1-8,11-12,16,22H,9-10,13-15,17H2,(H,32,37). The van der Waals surface area contributed by atoms with Crippen LogP contribution in [0.4, 0.5) is 5.82 Å². The summed E-state index contributed by atoms with van der Waals surface area (Å²) in [6.07, 6.45) is 6.84. The predicted molar refractivity (Wildman–Crippen MR) is 146 cm³/mol. The van der Waals surface area contributed by atoms with Crippen LogP contribution in [0.1, 0.15) is 11.1 Å². The van der Waals surface area contributed by atoms with Gasteiger partial charge in [-0.15, -0.1) is 0 Å². The molecule has 2 aliphatic rings. The third-order valence-corrected chi connectivity index (χ3v) is 7.49. The molecule has 1 atom stereocenters. The molecule has 12 heteroatoms. The van der Waals surface area contributed by atoms with Crippen LogP contribution in [0.3, 0.4) is 0 Å². The van der Waals surface area contributed by atoms with Crippen molar-refractivity contribution in [1.29, 1.82) is 0 Å². The summed E-state index contributed by atoms with van der Waals surface area (Å²) in [5, 5.41) is 4.10. The number of hydrogen-bond acceptors (Lipinski definition) is 8. The molecule has 4 heterocycles. The highest BCUT2D eigenvalue weighted by Gasteiger charge is 2.33. The monoisotopic (exact) mass is 565 g/mol. The summed E-state index contributed by atoms with van der Waals surface area (Å²) in [7, 11) is 0. The van der Waals surface area contributed by atoms with Gasteiger partial charge in [0, 0.05) is 51.3 Å². The maximum Gasteiger partial charge on any atom is 0.239 e. The van der Waals surface area contributed by atoms with Gasteiger partial charge < -0.3 is 19.7 Å². The van der Waals surface area contributed by atoms with Gasteiger partial charge in [-0.1, -0.05) is 35.3 Å². The molecule has 1 unspecified atom stereocenters. The van der Waals surface area contributed by atoms with Crippen LogP contribution in [0.2, 0.25) is 10.0 Å². The Bertz CT molecular complexity index is 1480. The molecular weight excluding hydrogens is 541 g/mol. The Labute approximate surface area is 235 Å². The van der Waals surface area contributed by atoms with E-state index in [1.807, 2.05) is 36.4 Å². The molecule has 10 nitrogen and oxygen atoms in total. The smallest absolute Gasteiger partial charge is 0.239 e. The molecule has 1 fully saturated rings. The van der Waals surface area contributed by atoms with Crippen LogP contribution in [0.25, 0.3) is 5.95 Å². The number of carbonyl (C=O) groups excluding carboxylic acids is 1. The number of nitrogens with zero attached hydrogens (tertiary/aromatic N) is 6. The lowest BCUT2D eigenvalue weighted by atomic mass is 10.1. The maximum absolute atomic E-state index is 13.6. The number of carbonyl (C=O) groups is 1. The minimum atomic E-state index is -0.436. The van der Waals surface area contributed by atoms with Crippen molar-refractivity contribution < 1.29 is 14.3 Å². The second-order valence-electron chi connectivity index (χ2n) is 9.27. The van der Waals surface area contributed by atoms with Gasteiger partial charge in [0.1, 0.15) is 18.2 Å². The van der Waals surface area contributed by atoms with Crippen molar-refractivity contribution in [1.82, 2.24) is 29.7 Å². The number of ether oxygens (including phenoxy) is 2. The number of hydrogen-bond donors (Lipinski definition) is 1. The van der Waals surface area contributed by atoms with E-state index in [0.717, 1.165) is 16.9 Å². The molecule has 0 aliphatic carbocycles. The number of anilines is 1. The van der Waals surface area contributed by atoms with Crippen LogP contribution in [0, 0.1) is 0 Å². The molecule has 6 rings (SSSR count). The number of rotatable bonds is 7. The van der Waals surface area contributed by atoms with Crippen molar-refractivity contribution in [2.24, 2.45) is 0 Å². The van der Waals surface area contributed by atoms with Gasteiger partial charge in [0.2, 0.25) is 18.6 Å². The van der Waals surface area contributed by atoms with Crippen LogP contribution in [0.5, 0.6) is 11.5 Å². The summed E-state index contributed by atoms with van der Waals surface area (Å²) < 4.78 is 12.6. The summed E-state index contributed by atoms with van der Waals surface area (Å²) in [4.78, 5) is 31.1. The van der Waals surface area contributed by atoms with E-state index in [1.165, 1.54) is 0 Å². The Hall–Kier alpha value is -3.86. The van der Waals surface area contributed by atoms with Crippen LogP contribution in [-0.2, 0) is 17.9 Å². The summed E-state index contributed by atoms with van der Waals surface area (Å²) in [6.45, 7) is 2.91. The Morgan fingerprint density at radius 2 is 1.87 bits per heavy atom. The van der Waals surface area contributed by atoms with Crippen molar-refractivity contribution in [3.63, 3.8) is 0 Å². The first-order valence-corrected chi connectivity index (χ1v) is 13.2. The zero-order chi connectivity index (χ0) is 26.8. The molecule has 0 bridgehead atoms. The van der Waals surface area contributed by atoms with Gasteiger partial charge in [0.05, 0.1) is 10.0 Å². The van der Waals surface area contributed by atoms with E-state index in [2.05, 4.69) is 25.1 Å². The maximum atomic E-state index is 13.6. The third kappa shape index (κ3) is 5.63. The molecule has 1 amide bonds. The van der Waals surface area contributed by atoms with Crippen molar-refractivity contribution in [3.8, 4) is 17.4 Å². The van der Waals surface area contributed by atoms with E-state index in [1.54, 1.807) is 35.6 Å². The lowest BCUT2D eigenvalue weighted by Gasteiger charge is -2.41. The van der Waals surface area contributed by atoms with Gasteiger partial charge >= 0.3 is 0 Å². The zero-order valence-corrected chi connectivity index (χ0v) is 22.3. The number of aromatic nitrogens is 4. The highest BCUT2D eigenvalue weighted by Crippen LogP contribution is 2.32. The molecule has 4 aromatic rings. The number of amides is 1. The zero-order valence-electron chi connectivity index (χ0n) is 20.8. The second kappa shape index (κ2) is 11.1. The highest BCUT2D eigenvalue weighted by atomic mass is 35.5. The molecule has 200 valence electrons. The van der Waals surface area contributed by atoms with Gasteiger partial charge in [-0.25, -0.2) is 9.97 Å². The molecular formula is C27H25Cl2N7O3. The fraction of sp³-hybridized carbons (Fsp3) is 0.259. The first kappa shape index (κ1) is 25.4. The van der Waals surface area contributed by atoms with Gasteiger partial charge in [-0.3, -0.25) is 14.3 Å². The van der Waals surface area contributed by atoms with Crippen LogP contribution in [0.15, 0.2) is 67.4 Å². The van der Waals surface area contributed by atoms with Crippen molar-refractivity contribution >= 4 is 34.9 Å². The normalized spacial score (nSPS) is 16.9. The Morgan fingerprint density at radius 3 is 2.72 bits per heavy atom. The fourth-order valence-corrected chi connectivity index (χ4v) is 5.03. The second-order valence-corrected chi connectivity index (χ2v) is 10.1. The molecule has 0 spiro atoms. The summed E-state index contributed by atoms with van der Waals surface area (Å²) in [5.74, 6) is 2.58. The first-order valence-electron chi connectivity index (χ1n) is 12.4. The van der Waals surface area contributed by atoms with Gasteiger partial charge in [-0.05, 0) is 41.5 Å². The van der Waals surface area contributed by atoms with Crippen LogP contribution in [-0.4, -0.2) is 62.8 Å². The average molecular weight is 566 g/mol. The van der Waals surface area contributed by atoms with E-state index in [4.69, 9.17) is 37.7 Å².